The van der Waals surface area contributed by atoms with E-state index in [9.17, 15) is 14.0 Å². The van der Waals surface area contributed by atoms with Gasteiger partial charge in [-0.2, -0.15) is 5.10 Å². The summed E-state index contributed by atoms with van der Waals surface area (Å²) in [6, 6.07) is 16.2. The number of halogens is 1. The predicted octanol–water partition coefficient (Wildman–Crippen LogP) is 2.98. The van der Waals surface area contributed by atoms with Gasteiger partial charge in [-0.3, -0.25) is 14.3 Å². The van der Waals surface area contributed by atoms with Gasteiger partial charge in [-0.05, 0) is 36.1 Å². The summed E-state index contributed by atoms with van der Waals surface area (Å²) in [6.45, 7) is 1.22. The van der Waals surface area contributed by atoms with E-state index in [1.54, 1.807) is 21.7 Å². The Morgan fingerprint density at radius 1 is 1.06 bits per heavy atom. The Kier molecular flexibility index (Phi) is 6.63. The van der Waals surface area contributed by atoms with Gasteiger partial charge in [0, 0.05) is 44.9 Å². The highest BCUT2D eigenvalue weighted by Crippen LogP contribution is 2.28. The van der Waals surface area contributed by atoms with E-state index in [0.29, 0.717) is 38.9 Å². The molecule has 0 spiro atoms. The van der Waals surface area contributed by atoms with Gasteiger partial charge < -0.3 is 10.2 Å². The molecular formula is C25H27FN4O2. The normalized spacial score (nSPS) is 15.3. The molecule has 0 saturated heterocycles. The minimum Gasteiger partial charge on any atom is -0.355 e. The molecule has 0 saturated carbocycles. The standard InChI is InChI=1S/C25H27FN4O2/c1-29-15-20-16-30(23(31)12-9-18-5-3-2-4-6-18)17-22(24(20)28-29)25(32)27-14-13-19-7-10-21(26)11-8-19/h2-8,10-11,15,22H,9,12-14,16-17H2,1H3,(H,27,32)/t22-/m1/s1. The Morgan fingerprint density at radius 3 is 2.53 bits per heavy atom. The second kappa shape index (κ2) is 9.77. The lowest BCUT2D eigenvalue weighted by atomic mass is 9.95. The van der Waals surface area contributed by atoms with Crippen LogP contribution in [0.2, 0.25) is 0 Å². The number of aryl methyl sites for hydroxylation is 2. The predicted molar refractivity (Wildman–Crippen MR) is 119 cm³/mol. The number of hydrogen-bond acceptors (Lipinski definition) is 3. The molecular weight excluding hydrogens is 407 g/mol. The molecule has 166 valence electrons. The zero-order valence-electron chi connectivity index (χ0n) is 18.1. The number of aromatic nitrogens is 2. The van der Waals surface area contributed by atoms with Crippen molar-refractivity contribution < 1.29 is 14.0 Å². The average Bonchev–Trinajstić information content (AvgIpc) is 3.18. The molecule has 1 atom stereocenters. The molecule has 2 heterocycles. The van der Waals surface area contributed by atoms with Gasteiger partial charge in [-0.25, -0.2) is 4.39 Å². The van der Waals surface area contributed by atoms with Crippen molar-refractivity contribution in [3.63, 3.8) is 0 Å². The van der Waals surface area contributed by atoms with Crippen LogP contribution in [0.4, 0.5) is 4.39 Å². The van der Waals surface area contributed by atoms with Crippen LogP contribution in [0, 0.1) is 5.82 Å². The summed E-state index contributed by atoms with van der Waals surface area (Å²) in [5.41, 5.74) is 3.71. The molecule has 7 heteroatoms. The lowest BCUT2D eigenvalue weighted by Gasteiger charge is -2.31. The first-order chi connectivity index (χ1) is 15.5. The van der Waals surface area contributed by atoms with Crippen molar-refractivity contribution >= 4 is 11.8 Å². The second-order valence-corrected chi connectivity index (χ2v) is 8.19. The summed E-state index contributed by atoms with van der Waals surface area (Å²) in [7, 11) is 1.82. The van der Waals surface area contributed by atoms with Gasteiger partial charge in [-0.1, -0.05) is 42.5 Å². The van der Waals surface area contributed by atoms with Crippen LogP contribution in [0.25, 0.3) is 0 Å². The van der Waals surface area contributed by atoms with Gasteiger partial charge in [0.25, 0.3) is 0 Å². The van der Waals surface area contributed by atoms with Crippen molar-refractivity contribution in [2.45, 2.75) is 31.7 Å². The summed E-state index contributed by atoms with van der Waals surface area (Å²) in [4.78, 5) is 27.7. The Bertz CT molecular complexity index is 1080. The Labute approximate surface area is 187 Å². The van der Waals surface area contributed by atoms with Gasteiger partial charge in [-0.15, -0.1) is 0 Å². The molecule has 3 aromatic rings. The zero-order chi connectivity index (χ0) is 22.5. The van der Waals surface area contributed by atoms with Crippen LogP contribution in [0.15, 0.2) is 60.8 Å². The summed E-state index contributed by atoms with van der Waals surface area (Å²) in [5, 5.41) is 7.46. The summed E-state index contributed by atoms with van der Waals surface area (Å²) in [5.74, 6) is -0.895. The van der Waals surface area contributed by atoms with Gasteiger partial charge in [0.05, 0.1) is 11.6 Å². The Balaban J connectivity index is 1.39. The highest BCUT2D eigenvalue weighted by Gasteiger charge is 2.34. The number of rotatable bonds is 7. The van der Waals surface area contributed by atoms with Crippen LogP contribution < -0.4 is 5.32 Å². The topological polar surface area (TPSA) is 67.2 Å². The van der Waals surface area contributed by atoms with Crippen molar-refractivity contribution in [2.24, 2.45) is 7.05 Å². The highest BCUT2D eigenvalue weighted by molar-refractivity contribution is 5.86. The van der Waals surface area contributed by atoms with Crippen LogP contribution >= 0.6 is 0 Å². The zero-order valence-corrected chi connectivity index (χ0v) is 18.1. The monoisotopic (exact) mass is 434 g/mol. The number of fused-ring (bicyclic) bond motifs is 1. The van der Waals surface area contributed by atoms with Crippen LogP contribution in [-0.4, -0.2) is 39.6 Å². The largest absolute Gasteiger partial charge is 0.355 e. The van der Waals surface area contributed by atoms with E-state index in [4.69, 9.17) is 0 Å². The van der Waals surface area contributed by atoms with E-state index in [1.807, 2.05) is 43.6 Å². The van der Waals surface area contributed by atoms with Crippen LogP contribution in [0.5, 0.6) is 0 Å². The molecule has 1 aliphatic rings. The fraction of sp³-hybridized carbons (Fsp3) is 0.320. The highest BCUT2D eigenvalue weighted by atomic mass is 19.1. The van der Waals surface area contributed by atoms with E-state index < -0.39 is 5.92 Å². The van der Waals surface area contributed by atoms with E-state index in [1.165, 1.54) is 12.1 Å². The number of carbonyl (C=O) groups excluding carboxylic acids is 2. The quantitative estimate of drug-likeness (QED) is 0.622. The van der Waals surface area contributed by atoms with Crippen LogP contribution in [-0.2, 0) is 36.0 Å². The molecule has 0 fully saturated rings. The van der Waals surface area contributed by atoms with E-state index in [2.05, 4.69) is 10.4 Å². The number of nitrogens with zero attached hydrogens (tertiary/aromatic N) is 3. The van der Waals surface area contributed by atoms with Crippen molar-refractivity contribution in [2.75, 3.05) is 13.1 Å². The fourth-order valence-electron chi connectivity index (χ4n) is 4.10. The molecule has 0 unspecified atom stereocenters. The molecule has 0 radical (unpaired) electrons. The second-order valence-electron chi connectivity index (χ2n) is 8.19. The molecule has 0 bridgehead atoms. The maximum Gasteiger partial charge on any atom is 0.231 e. The van der Waals surface area contributed by atoms with E-state index >= 15 is 0 Å². The minimum absolute atomic E-state index is 0.0347. The third kappa shape index (κ3) is 5.22. The van der Waals surface area contributed by atoms with Crippen LogP contribution in [0.3, 0.4) is 0 Å². The van der Waals surface area contributed by atoms with Crippen molar-refractivity contribution in [1.29, 1.82) is 0 Å². The summed E-state index contributed by atoms with van der Waals surface area (Å²) in [6.07, 6.45) is 3.56. The van der Waals surface area contributed by atoms with Gasteiger partial charge in [0.1, 0.15) is 5.82 Å². The molecule has 1 N–H and O–H groups in total. The molecule has 0 aliphatic carbocycles. The molecule has 1 aromatic heterocycles. The first-order valence-corrected chi connectivity index (χ1v) is 10.9. The van der Waals surface area contributed by atoms with E-state index in [-0.39, 0.29) is 17.6 Å². The number of amides is 2. The van der Waals surface area contributed by atoms with Gasteiger partial charge in [0.2, 0.25) is 11.8 Å². The van der Waals surface area contributed by atoms with Crippen molar-refractivity contribution in [3.8, 4) is 0 Å². The number of nitrogens with one attached hydrogen (secondary N) is 1. The maximum absolute atomic E-state index is 13.1. The number of hydrogen-bond donors (Lipinski definition) is 1. The van der Waals surface area contributed by atoms with Crippen LogP contribution in [0.1, 0.15) is 34.7 Å². The third-order valence-corrected chi connectivity index (χ3v) is 5.80. The van der Waals surface area contributed by atoms with E-state index in [0.717, 1.165) is 22.4 Å². The fourth-order valence-corrected chi connectivity index (χ4v) is 4.10. The molecule has 32 heavy (non-hydrogen) atoms. The smallest absolute Gasteiger partial charge is 0.231 e. The third-order valence-electron chi connectivity index (χ3n) is 5.80. The minimum atomic E-state index is -0.506. The first kappa shape index (κ1) is 21.7. The number of benzene rings is 2. The van der Waals surface area contributed by atoms with Gasteiger partial charge in [0.15, 0.2) is 0 Å². The Hall–Kier alpha value is -3.48. The summed E-state index contributed by atoms with van der Waals surface area (Å²) < 4.78 is 14.8. The molecule has 2 aromatic carbocycles. The number of carbonyl (C=O) groups is 2. The SMILES string of the molecule is Cn1cc2c(n1)[C@H](C(=O)NCCc1ccc(F)cc1)CN(C(=O)CCc1ccccc1)C2. The lowest BCUT2D eigenvalue weighted by molar-refractivity contribution is -0.133. The van der Waals surface area contributed by atoms with Gasteiger partial charge >= 0.3 is 0 Å². The summed E-state index contributed by atoms with van der Waals surface area (Å²) >= 11 is 0. The molecule has 6 nitrogen and oxygen atoms in total. The van der Waals surface area contributed by atoms with Crippen molar-refractivity contribution in [1.82, 2.24) is 20.0 Å². The Morgan fingerprint density at radius 2 is 1.78 bits per heavy atom. The molecule has 2 amide bonds. The first-order valence-electron chi connectivity index (χ1n) is 10.9. The molecule has 4 rings (SSSR count). The molecule has 1 aliphatic heterocycles. The lowest BCUT2D eigenvalue weighted by Crippen LogP contribution is -2.44. The maximum atomic E-state index is 13.1. The average molecular weight is 435 g/mol. The van der Waals surface area contributed by atoms with Crippen molar-refractivity contribution in [3.05, 3.63) is 89.0 Å².